The van der Waals surface area contributed by atoms with Gasteiger partial charge in [0.05, 0.1) is 21.3 Å². The van der Waals surface area contributed by atoms with Crippen molar-refractivity contribution in [2.45, 2.75) is 31.8 Å². The molecule has 4 rings (SSSR count). The number of methoxy groups -OCH3 is 3. The van der Waals surface area contributed by atoms with Crippen molar-refractivity contribution < 1.29 is 19.3 Å². The van der Waals surface area contributed by atoms with Gasteiger partial charge in [-0.2, -0.15) is 0 Å². The highest BCUT2D eigenvalue weighted by molar-refractivity contribution is 5.52. The average Bonchev–Trinajstić information content (AvgIpc) is 2.87. The zero-order chi connectivity index (χ0) is 18.3. The normalized spacial score (nSPS) is 19.0. The Kier molecular flexibility index (Phi) is 4.41. The van der Waals surface area contributed by atoms with Crippen LogP contribution in [0.3, 0.4) is 0 Å². The van der Waals surface area contributed by atoms with E-state index in [1.165, 1.54) is 16.7 Å². The molecule has 1 atom stereocenters. The smallest absolute Gasteiger partial charge is 0.162 e. The van der Waals surface area contributed by atoms with Crippen LogP contribution in [0.15, 0.2) is 24.3 Å². The number of phenolic OH excluding ortho intramolecular Hbond substituents is 1. The Morgan fingerprint density at radius 1 is 0.923 bits per heavy atom. The predicted molar refractivity (Wildman–Crippen MR) is 99.4 cm³/mol. The molecule has 2 aliphatic rings. The number of aryl methyl sites for hydroxylation is 1. The van der Waals surface area contributed by atoms with Gasteiger partial charge in [-0.25, -0.2) is 0 Å². The van der Waals surface area contributed by atoms with Crippen LogP contribution in [0.25, 0.3) is 0 Å². The van der Waals surface area contributed by atoms with Gasteiger partial charge >= 0.3 is 0 Å². The summed E-state index contributed by atoms with van der Waals surface area (Å²) in [4.78, 5) is 2.46. The topological polar surface area (TPSA) is 51.2 Å². The fraction of sp³-hybridized carbons (Fsp3) is 0.429. The van der Waals surface area contributed by atoms with Crippen molar-refractivity contribution in [1.29, 1.82) is 0 Å². The number of hydrogen-bond donors (Lipinski definition) is 1. The molecule has 2 aliphatic heterocycles. The monoisotopic (exact) mass is 355 g/mol. The van der Waals surface area contributed by atoms with Crippen molar-refractivity contribution in [3.05, 3.63) is 46.5 Å². The highest BCUT2D eigenvalue weighted by Gasteiger charge is 2.32. The summed E-state index contributed by atoms with van der Waals surface area (Å²) in [5, 5.41) is 10.6. The SMILES string of the molecule is COc1cc2c(cc1OC)C1CCc3ccc(OC)c(O)c3CN1CC2. The number of aromatic hydroxyl groups is 1. The average molecular weight is 355 g/mol. The standard InChI is InChI=1S/C21H25NO4/c1-24-18-7-5-13-4-6-17-15-11-20(26-3)19(25-2)10-14(15)8-9-22(17)12-16(13)21(18)23/h5,7,10-11,17,23H,4,6,8-9,12H2,1-3H3. The van der Waals surface area contributed by atoms with Gasteiger partial charge in [0, 0.05) is 24.7 Å². The van der Waals surface area contributed by atoms with Gasteiger partial charge in [0.2, 0.25) is 0 Å². The minimum Gasteiger partial charge on any atom is -0.504 e. The molecule has 0 spiro atoms. The molecule has 26 heavy (non-hydrogen) atoms. The molecular formula is C21H25NO4. The van der Waals surface area contributed by atoms with Gasteiger partial charge in [-0.15, -0.1) is 0 Å². The molecule has 0 aromatic heterocycles. The van der Waals surface area contributed by atoms with Gasteiger partial charge in [-0.3, -0.25) is 4.90 Å². The molecule has 5 heteroatoms. The fourth-order valence-corrected chi connectivity index (χ4v) is 4.33. The largest absolute Gasteiger partial charge is 0.504 e. The number of fused-ring (bicyclic) bond motifs is 4. The van der Waals surface area contributed by atoms with Crippen LogP contribution in [0.2, 0.25) is 0 Å². The fourth-order valence-electron chi connectivity index (χ4n) is 4.33. The third-order valence-corrected chi connectivity index (χ3v) is 5.72. The highest BCUT2D eigenvalue weighted by atomic mass is 16.5. The summed E-state index contributed by atoms with van der Waals surface area (Å²) >= 11 is 0. The molecule has 0 saturated heterocycles. The zero-order valence-electron chi connectivity index (χ0n) is 15.5. The summed E-state index contributed by atoms with van der Waals surface area (Å²) < 4.78 is 16.3. The van der Waals surface area contributed by atoms with Crippen molar-refractivity contribution in [3.8, 4) is 23.0 Å². The lowest BCUT2D eigenvalue weighted by atomic mass is 9.89. The molecule has 2 heterocycles. The van der Waals surface area contributed by atoms with Gasteiger partial charge in [0.25, 0.3) is 0 Å². The predicted octanol–water partition coefficient (Wildman–Crippen LogP) is 3.46. The van der Waals surface area contributed by atoms with Crippen molar-refractivity contribution in [2.75, 3.05) is 27.9 Å². The van der Waals surface area contributed by atoms with Gasteiger partial charge < -0.3 is 19.3 Å². The molecule has 0 amide bonds. The first-order chi connectivity index (χ1) is 12.7. The van der Waals surface area contributed by atoms with Crippen LogP contribution in [0.5, 0.6) is 23.0 Å². The number of ether oxygens (including phenoxy) is 3. The number of phenols is 1. The van der Waals surface area contributed by atoms with E-state index in [0.29, 0.717) is 11.8 Å². The molecule has 138 valence electrons. The van der Waals surface area contributed by atoms with Crippen LogP contribution >= 0.6 is 0 Å². The minimum atomic E-state index is 0.281. The molecule has 2 aromatic rings. The van der Waals surface area contributed by atoms with E-state index in [-0.39, 0.29) is 5.75 Å². The van der Waals surface area contributed by atoms with Crippen LogP contribution in [0.1, 0.15) is 34.7 Å². The second-order valence-electron chi connectivity index (χ2n) is 6.94. The highest BCUT2D eigenvalue weighted by Crippen LogP contribution is 2.44. The summed E-state index contributed by atoms with van der Waals surface area (Å²) in [6.45, 7) is 1.69. The molecular weight excluding hydrogens is 330 g/mol. The van der Waals surface area contributed by atoms with Crippen molar-refractivity contribution in [1.82, 2.24) is 4.90 Å². The lowest BCUT2D eigenvalue weighted by Crippen LogP contribution is -2.34. The Balaban J connectivity index is 1.73. The second-order valence-corrected chi connectivity index (χ2v) is 6.94. The maximum Gasteiger partial charge on any atom is 0.162 e. The van der Waals surface area contributed by atoms with Crippen molar-refractivity contribution >= 4 is 0 Å². The van der Waals surface area contributed by atoms with E-state index >= 15 is 0 Å². The first-order valence-corrected chi connectivity index (χ1v) is 9.02. The molecule has 0 aliphatic carbocycles. The van der Waals surface area contributed by atoms with Gasteiger partial charge in [-0.1, -0.05) is 6.07 Å². The minimum absolute atomic E-state index is 0.281. The van der Waals surface area contributed by atoms with E-state index in [0.717, 1.165) is 49.4 Å². The molecule has 0 radical (unpaired) electrons. The number of rotatable bonds is 3. The van der Waals surface area contributed by atoms with Crippen molar-refractivity contribution in [2.24, 2.45) is 0 Å². The Bertz CT molecular complexity index is 833. The summed E-state index contributed by atoms with van der Waals surface area (Å²) in [7, 11) is 4.95. The Morgan fingerprint density at radius 3 is 2.38 bits per heavy atom. The third-order valence-electron chi connectivity index (χ3n) is 5.72. The van der Waals surface area contributed by atoms with Crippen LogP contribution in [0, 0.1) is 0 Å². The van der Waals surface area contributed by atoms with Crippen LogP contribution in [-0.2, 0) is 19.4 Å². The molecule has 0 saturated carbocycles. The molecule has 0 fully saturated rings. The lowest BCUT2D eigenvalue weighted by Gasteiger charge is -2.36. The Morgan fingerprint density at radius 2 is 1.65 bits per heavy atom. The van der Waals surface area contributed by atoms with E-state index in [9.17, 15) is 5.11 Å². The van der Waals surface area contributed by atoms with E-state index in [1.807, 2.05) is 6.07 Å². The Labute approximate surface area is 154 Å². The van der Waals surface area contributed by atoms with E-state index in [4.69, 9.17) is 14.2 Å². The number of benzene rings is 2. The second kappa shape index (κ2) is 6.72. The maximum atomic E-state index is 10.6. The third kappa shape index (κ3) is 2.67. The summed E-state index contributed by atoms with van der Waals surface area (Å²) in [6.07, 6.45) is 2.91. The van der Waals surface area contributed by atoms with Crippen LogP contribution in [-0.4, -0.2) is 37.9 Å². The van der Waals surface area contributed by atoms with E-state index in [2.05, 4.69) is 23.1 Å². The van der Waals surface area contributed by atoms with Gasteiger partial charge in [0.15, 0.2) is 23.0 Å². The Hall–Kier alpha value is -2.40. The van der Waals surface area contributed by atoms with Crippen LogP contribution in [0.4, 0.5) is 0 Å². The van der Waals surface area contributed by atoms with Crippen LogP contribution < -0.4 is 14.2 Å². The van der Waals surface area contributed by atoms with Gasteiger partial charge in [-0.05, 0) is 54.2 Å². The maximum absolute atomic E-state index is 10.6. The zero-order valence-corrected chi connectivity index (χ0v) is 15.5. The number of hydrogen-bond acceptors (Lipinski definition) is 5. The molecule has 5 nitrogen and oxygen atoms in total. The lowest BCUT2D eigenvalue weighted by molar-refractivity contribution is 0.171. The molecule has 2 aromatic carbocycles. The summed E-state index contributed by atoms with van der Waals surface area (Å²) in [5.74, 6) is 2.40. The summed E-state index contributed by atoms with van der Waals surface area (Å²) in [6, 6.07) is 8.50. The van der Waals surface area contributed by atoms with Crippen molar-refractivity contribution in [3.63, 3.8) is 0 Å². The first-order valence-electron chi connectivity index (χ1n) is 9.02. The summed E-state index contributed by atoms with van der Waals surface area (Å²) in [5.41, 5.74) is 4.85. The molecule has 0 bridgehead atoms. The molecule has 1 N–H and O–H groups in total. The van der Waals surface area contributed by atoms with Gasteiger partial charge in [0.1, 0.15) is 0 Å². The quantitative estimate of drug-likeness (QED) is 0.914. The number of nitrogens with zero attached hydrogens (tertiary/aromatic N) is 1. The van der Waals surface area contributed by atoms with E-state index in [1.54, 1.807) is 21.3 Å². The van der Waals surface area contributed by atoms with E-state index < -0.39 is 0 Å². The first kappa shape index (κ1) is 17.0. The molecule has 1 unspecified atom stereocenters.